The second kappa shape index (κ2) is 2.16. The Balaban J connectivity index is 3.35. The monoisotopic (exact) mass is 164 g/mol. The van der Waals surface area contributed by atoms with Crippen LogP contribution in [0.2, 0.25) is 0 Å². The molecule has 8 heavy (non-hydrogen) atoms. The fraction of sp³-hybridized carbons (Fsp3) is 0. The van der Waals surface area contributed by atoms with Crippen LogP contribution in [0.3, 0.4) is 0 Å². The van der Waals surface area contributed by atoms with Crippen LogP contribution in [0.5, 0.6) is 0 Å². The number of rotatable bonds is 0. The van der Waals surface area contributed by atoms with E-state index in [1.165, 1.54) is 0 Å². The van der Waals surface area contributed by atoms with Crippen LogP contribution in [-0.2, 0) is 0 Å². The largest absolute Gasteiger partial charge is 0.325 e. The Morgan fingerprint density at radius 3 is 1.62 bits per heavy atom. The van der Waals surface area contributed by atoms with Crippen LogP contribution in [0.1, 0.15) is 0 Å². The molecule has 0 atom stereocenters. The van der Waals surface area contributed by atoms with Crippen LogP contribution in [0.4, 0.5) is 0 Å². The van der Waals surface area contributed by atoms with Gasteiger partial charge < -0.3 is 9.97 Å². The van der Waals surface area contributed by atoms with Crippen molar-refractivity contribution in [3.63, 3.8) is 0 Å². The molecule has 0 aliphatic carbocycles. The second-order valence-electron chi connectivity index (χ2n) is 1.28. The highest BCUT2D eigenvalue weighted by Gasteiger charge is 1.91. The van der Waals surface area contributed by atoms with Crippen molar-refractivity contribution in [1.82, 2.24) is 9.97 Å². The predicted octanol–water partition coefficient (Wildman–Crippen LogP) is 1.65. The zero-order chi connectivity index (χ0) is 6.15. The summed E-state index contributed by atoms with van der Waals surface area (Å²) in [6.45, 7) is 0. The molecule has 0 fully saturated rings. The minimum absolute atomic E-state index is 0.556. The first-order chi connectivity index (χ1) is 3.70. The fourth-order valence-electron chi connectivity index (χ4n) is 0.365. The highest BCUT2D eigenvalue weighted by Crippen LogP contribution is 2.11. The topological polar surface area (TPSA) is 31.6 Å². The summed E-state index contributed by atoms with van der Waals surface area (Å²) < 4.78 is 0.556. The average molecular weight is 164 g/mol. The standard InChI is InChI=1S/C3H4N2S3/c6-1-2(7)5-3(8)4-1/h6-7H,(H2,4,5,8). The minimum Gasteiger partial charge on any atom is -0.325 e. The van der Waals surface area contributed by atoms with Gasteiger partial charge in [0.15, 0.2) is 4.77 Å². The Bertz CT molecular complexity index is 212. The predicted molar refractivity (Wildman–Crippen MR) is 40.5 cm³/mol. The Hall–Kier alpha value is 0.130. The van der Waals surface area contributed by atoms with Gasteiger partial charge in [-0.25, -0.2) is 0 Å². The number of aromatic amines is 2. The molecule has 2 N–H and O–H groups in total. The van der Waals surface area contributed by atoms with E-state index in [0.29, 0.717) is 14.8 Å². The second-order valence-corrected chi connectivity index (χ2v) is 2.58. The van der Waals surface area contributed by atoms with Gasteiger partial charge in [0.25, 0.3) is 0 Å². The van der Waals surface area contributed by atoms with Crippen molar-refractivity contribution in [3.05, 3.63) is 4.77 Å². The number of thiol groups is 2. The lowest BCUT2D eigenvalue weighted by Crippen LogP contribution is -1.60. The number of hydrogen-bond acceptors (Lipinski definition) is 3. The lowest BCUT2D eigenvalue weighted by Gasteiger charge is -1.78. The zero-order valence-corrected chi connectivity index (χ0v) is 6.41. The summed E-state index contributed by atoms with van der Waals surface area (Å²) in [5.74, 6) is 0. The van der Waals surface area contributed by atoms with Gasteiger partial charge in [0.1, 0.15) is 10.1 Å². The molecule has 0 saturated heterocycles. The molecule has 0 amide bonds. The summed E-state index contributed by atoms with van der Waals surface area (Å²) in [7, 11) is 0. The van der Waals surface area contributed by atoms with Gasteiger partial charge in [-0.15, -0.1) is 25.3 Å². The minimum atomic E-state index is 0.556. The Morgan fingerprint density at radius 2 is 1.50 bits per heavy atom. The van der Waals surface area contributed by atoms with E-state index in [0.717, 1.165) is 0 Å². The summed E-state index contributed by atoms with van der Waals surface area (Å²) in [6.07, 6.45) is 0. The van der Waals surface area contributed by atoms with Crippen molar-refractivity contribution in [3.8, 4) is 0 Å². The van der Waals surface area contributed by atoms with Crippen LogP contribution in [0, 0.1) is 4.77 Å². The first-order valence-electron chi connectivity index (χ1n) is 1.90. The van der Waals surface area contributed by atoms with Crippen LogP contribution >= 0.6 is 37.5 Å². The lowest BCUT2D eigenvalue weighted by atomic mass is 10.9. The van der Waals surface area contributed by atoms with Crippen molar-refractivity contribution < 1.29 is 0 Å². The van der Waals surface area contributed by atoms with E-state index in [4.69, 9.17) is 12.2 Å². The molecule has 2 nitrogen and oxygen atoms in total. The van der Waals surface area contributed by atoms with E-state index in [9.17, 15) is 0 Å². The molecule has 1 aromatic rings. The molecule has 1 heterocycles. The Morgan fingerprint density at radius 1 is 1.12 bits per heavy atom. The quantitative estimate of drug-likeness (QED) is 0.341. The first kappa shape index (κ1) is 6.25. The molecule has 0 aliphatic rings. The first-order valence-corrected chi connectivity index (χ1v) is 3.20. The van der Waals surface area contributed by atoms with E-state index in [2.05, 4.69) is 35.2 Å². The van der Waals surface area contributed by atoms with E-state index < -0.39 is 0 Å². The molecule has 1 aromatic heterocycles. The number of hydrogen-bond donors (Lipinski definition) is 4. The molecule has 44 valence electrons. The third kappa shape index (κ3) is 1.10. The summed E-state index contributed by atoms with van der Waals surface area (Å²) in [6, 6.07) is 0. The Kier molecular flexibility index (Phi) is 1.69. The summed E-state index contributed by atoms with van der Waals surface area (Å²) in [5, 5.41) is 1.36. The molecule has 0 unspecified atom stereocenters. The van der Waals surface area contributed by atoms with Crippen molar-refractivity contribution in [2.45, 2.75) is 10.1 Å². The molecule has 5 heteroatoms. The molecule has 0 spiro atoms. The molecule has 0 radical (unpaired) electrons. The van der Waals surface area contributed by atoms with Crippen molar-refractivity contribution in [1.29, 1.82) is 0 Å². The maximum absolute atomic E-state index is 4.71. The van der Waals surface area contributed by atoms with Crippen molar-refractivity contribution >= 4 is 37.5 Å². The third-order valence-corrected chi connectivity index (χ3v) is 1.74. The molecular weight excluding hydrogens is 160 g/mol. The molecule has 0 aliphatic heterocycles. The van der Waals surface area contributed by atoms with Crippen LogP contribution in [0.15, 0.2) is 10.1 Å². The number of nitrogens with one attached hydrogen (secondary N) is 2. The molecule has 1 rings (SSSR count). The van der Waals surface area contributed by atoms with Crippen molar-refractivity contribution in [2.75, 3.05) is 0 Å². The van der Waals surface area contributed by atoms with Gasteiger partial charge in [0, 0.05) is 0 Å². The molecular formula is C3H4N2S3. The van der Waals surface area contributed by atoms with Gasteiger partial charge in [-0.3, -0.25) is 0 Å². The van der Waals surface area contributed by atoms with Gasteiger partial charge in [0.2, 0.25) is 0 Å². The van der Waals surface area contributed by atoms with Crippen LogP contribution in [-0.4, -0.2) is 9.97 Å². The Labute approximate surface area is 62.5 Å². The van der Waals surface area contributed by atoms with Gasteiger partial charge in [-0.05, 0) is 12.2 Å². The van der Waals surface area contributed by atoms with Crippen molar-refractivity contribution in [2.24, 2.45) is 0 Å². The number of imidazole rings is 1. The summed E-state index contributed by atoms with van der Waals surface area (Å²) in [5.41, 5.74) is 0. The smallest absolute Gasteiger partial charge is 0.176 e. The van der Waals surface area contributed by atoms with Crippen LogP contribution < -0.4 is 0 Å². The van der Waals surface area contributed by atoms with E-state index in [-0.39, 0.29) is 0 Å². The number of H-pyrrole nitrogens is 2. The number of aromatic nitrogens is 2. The van der Waals surface area contributed by atoms with Crippen LogP contribution in [0.25, 0.3) is 0 Å². The highest BCUT2D eigenvalue weighted by molar-refractivity contribution is 7.83. The van der Waals surface area contributed by atoms with Gasteiger partial charge >= 0.3 is 0 Å². The normalized spacial score (nSPS) is 9.75. The average Bonchev–Trinajstić information content (AvgIpc) is 1.85. The maximum Gasteiger partial charge on any atom is 0.176 e. The summed E-state index contributed by atoms with van der Waals surface area (Å²) >= 11 is 12.7. The van der Waals surface area contributed by atoms with E-state index in [1.54, 1.807) is 0 Å². The highest BCUT2D eigenvalue weighted by atomic mass is 32.1. The van der Waals surface area contributed by atoms with E-state index >= 15 is 0 Å². The third-order valence-electron chi connectivity index (χ3n) is 0.688. The summed E-state index contributed by atoms with van der Waals surface area (Å²) in [4.78, 5) is 5.51. The zero-order valence-electron chi connectivity index (χ0n) is 3.80. The fourth-order valence-corrected chi connectivity index (χ4v) is 1.06. The van der Waals surface area contributed by atoms with Gasteiger partial charge in [-0.2, -0.15) is 0 Å². The lowest BCUT2D eigenvalue weighted by molar-refractivity contribution is 1.10. The molecule has 0 bridgehead atoms. The molecule has 0 aromatic carbocycles. The SMILES string of the molecule is S=c1[nH]c(S)c(S)[nH]1. The van der Waals surface area contributed by atoms with Gasteiger partial charge in [0.05, 0.1) is 0 Å². The van der Waals surface area contributed by atoms with E-state index in [1.807, 2.05) is 0 Å². The molecule has 0 saturated carbocycles. The maximum atomic E-state index is 4.71. The van der Waals surface area contributed by atoms with Gasteiger partial charge in [-0.1, -0.05) is 0 Å².